The molecule has 0 bridgehead atoms. The van der Waals surface area contributed by atoms with E-state index < -0.39 is 0 Å². The summed E-state index contributed by atoms with van der Waals surface area (Å²) in [7, 11) is 0. The topological polar surface area (TPSA) is 12.0 Å². The highest BCUT2D eigenvalue weighted by Gasteiger charge is 2.23. The zero-order chi connectivity index (χ0) is 12.7. The quantitative estimate of drug-likeness (QED) is 0.674. The van der Waals surface area contributed by atoms with E-state index in [9.17, 15) is 0 Å². The summed E-state index contributed by atoms with van der Waals surface area (Å²) >= 11 is 0. The second-order valence-electron chi connectivity index (χ2n) is 6.84. The Hall–Kier alpha value is -0.0400. The zero-order valence-corrected chi connectivity index (χ0v) is 12.5. The third-order valence-corrected chi connectivity index (χ3v) is 4.05. The van der Waals surface area contributed by atoms with Crippen molar-refractivity contribution in [2.45, 2.75) is 66.2 Å². The minimum Gasteiger partial charge on any atom is -0.316 e. The second kappa shape index (κ2) is 8.13. The summed E-state index contributed by atoms with van der Waals surface area (Å²) < 4.78 is 0. The van der Waals surface area contributed by atoms with Crippen molar-refractivity contribution in [1.82, 2.24) is 5.32 Å². The van der Waals surface area contributed by atoms with E-state index in [1.54, 1.807) is 0 Å². The van der Waals surface area contributed by atoms with Crippen molar-refractivity contribution < 1.29 is 0 Å². The normalized spacial score (nSPS) is 26.5. The first-order valence-electron chi connectivity index (χ1n) is 7.80. The molecule has 0 aliphatic heterocycles. The first kappa shape index (κ1) is 15.0. The first-order chi connectivity index (χ1) is 8.09. The van der Waals surface area contributed by atoms with E-state index in [-0.39, 0.29) is 0 Å². The van der Waals surface area contributed by atoms with E-state index in [4.69, 9.17) is 0 Å². The SMILES string of the molecule is CC(C)CNCC1CCCCCC1CC(C)C. The van der Waals surface area contributed by atoms with Crippen LogP contribution in [-0.2, 0) is 0 Å². The lowest BCUT2D eigenvalue weighted by Crippen LogP contribution is -2.30. The van der Waals surface area contributed by atoms with Gasteiger partial charge in [0.15, 0.2) is 0 Å². The second-order valence-corrected chi connectivity index (χ2v) is 6.84. The first-order valence-corrected chi connectivity index (χ1v) is 7.80. The molecule has 1 aliphatic carbocycles. The smallest absolute Gasteiger partial charge is 0.00178 e. The van der Waals surface area contributed by atoms with E-state index in [1.807, 2.05) is 0 Å². The maximum Gasteiger partial charge on any atom is -0.00178 e. The van der Waals surface area contributed by atoms with Gasteiger partial charge in [0.2, 0.25) is 0 Å². The Labute approximate surface area is 109 Å². The van der Waals surface area contributed by atoms with Crippen LogP contribution in [0.2, 0.25) is 0 Å². The van der Waals surface area contributed by atoms with Crippen molar-refractivity contribution in [3.63, 3.8) is 0 Å². The molecule has 0 aromatic heterocycles. The average Bonchev–Trinajstić information content (AvgIpc) is 2.43. The van der Waals surface area contributed by atoms with Gasteiger partial charge in [-0.15, -0.1) is 0 Å². The van der Waals surface area contributed by atoms with Gasteiger partial charge < -0.3 is 5.32 Å². The number of nitrogens with one attached hydrogen (secondary N) is 1. The summed E-state index contributed by atoms with van der Waals surface area (Å²) in [6, 6.07) is 0. The summed E-state index contributed by atoms with van der Waals surface area (Å²) in [5.41, 5.74) is 0. The minimum atomic E-state index is 0.782. The van der Waals surface area contributed by atoms with Crippen molar-refractivity contribution in [2.75, 3.05) is 13.1 Å². The van der Waals surface area contributed by atoms with E-state index in [0.29, 0.717) is 0 Å². The Kier molecular flexibility index (Phi) is 7.18. The fourth-order valence-corrected chi connectivity index (χ4v) is 3.20. The molecule has 0 aromatic rings. The summed E-state index contributed by atoms with van der Waals surface area (Å²) in [5.74, 6) is 3.57. The van der Waals surface area contributed by atoms with E-state index in [1.165, 1.54) is 51.6 Å². The lowest BCUT2D eigenvalue weighted by molar-refractivity contribution is 0.255. The van der Waals surface area contributed by atoms with E-state index in [2.05, 4.69) is 33.0 Å². The minimum absolute atomic E-state index is 0.782. The molecule has 102 valence electrons. The molecule has 17 heavy (non-hydrogen) atoms. The molecule has 0 heterocycles. The van der Waals surface area contributed by atoms with Crippen LogP contribution in [0.15, 0.2) is 0 Å². The van der Waals surface area contributed by atoms with Crippen molar-refractivity contribution in [1.29, 1.82) is 0 Å². The molecular weight excluding hydrogens is 206 g/mol. The molecule has 1 fully saturated rings. The third-order valence-electron chi connectivity index (χ3n) is 4.05. The molecule has 2 atom stereocenters. The van der Waals surface area contributed by atoms with Gasteiger partial charge in [0.05, 0.1) is 0 Å². The van der Waals surface area contributed by atoms with Crippen LogP contribution in [0.3, 0.4) is 0 Å². The van der Waals surface area contributed by atoms with Gasteiger partial charge in [-0.1, -0.05) is 53.4 Å². The van der Waals surface area contributed by atoms with Crippen LogP contribution in [0.25, 0.3) is 0 Å². The molecule has 1 saturated carbocycles. The van der Waals surface area contributed by atoms with E-state index >= 15 is 0 Å². The van der Waals surface area contributed by atoms with Crippen molar-refractivity contribution in [3.05, 3.63) is 0 Å². The fraction of sp³-hybridized carbons (Fsp3) is 1.00. The molecule has 0 aromatic carbocycles. The van der Waals surface area contributed by atoms with Gasteiger partial charge in [-0.2, -0.15) is 0 Å². The Bertz CT molecular complexity index is 186. The molecular formula is C16H33N. The highest BCUT2D eigenvalue weighted by atomic mass is 14.9. The van der Waals surface area contributed by atoms with Crippen LogP contribution < -0.4 is 5.32 Å². The summed E-state index contributed by atoms with van der Waals surface area (Å²) in [4.78, 5) is 0. The summed E-state index contributed by atoms with van der Waals surface area (Å²) in [6.07, 6.45) is 8.78. The van der Waals surface area contributed by atoms with Gasteiger partial charge in [-0.3, -0.25) is 0 Å². The maximum atomic E-state index is 3.69. The molecule has 0 saturated heterocycles. The van der Waals surface area contributed by atoms with Gasteiger partial charge in [0.25, 0.3) is 0 Å². The van der Waals surface area contributed by atoms with Crippen LogP contribution in [0.4, 0.5) is 0 Å². The molecule has 0 radical (unpaired) electrons. The number of hydrogen-bond acceptors (Lipinski definition) is 1. The van der Waals surface area contributed by atoms with Crippen LogP contribution in [-0.4, -0.2) is 13.1 Å². The van der Waals surface area contributed by atoms with Gasteiger partial charge in [0, 0.05) is 0 Å². The van der Waals surface area contributed by atoms with Gasteiger partial charge in [-0.05, 0) is 49.6 Å². The standard InChI is InChI=1S/C16H33N/c1-13(2)10-15-8-6-5-7-9-16(15)12-17-11-14(3)4/h13-17H,5-12H2,1-4H3. The highest BCUT2D eigenvalue weighted by Crippen LogP contribution is 2.32. The molecule has 1 aliphatic rings. The molecule has 0 spiro atoms. The summed E-state index contributed by atoms with van der Waals surface area (Å²) in [6.45, 7) is 11.8. The van der Waals surface area contributed by atoms with Crippen molar-refractivity contribution in [3.8, 4) is 0 Å². The predicted molar refractivity (Wildman–Crippen MR) is 77.2 cm³/mol. The molecule has 1 nitrogen and oxygen atoms in total. The molecule has 1 rings (SSSR count). The van der Waals surface area contributed by atoms with E-state index in [0.717, 1.165) is 23.7 Å². The average molecular weight is 239 g/mol. The lowest BCUT2D eigenvalue weighted by Gasteiger charge is -2.27. The summed E-state index contributed by atoms with van der Waals surface area (Å²) in [5, 5.41) is 3.69. The third kappa shape index (κ3) is 6.45. The van der Waals surface area contributed by atoms with Crippen LogP contribution >= 0.6 is 0 Å². The Balaban J connectivity index is 2.38. The van der Waals surface area contributed by atoms with Crippen molar-refractivity contribution in [2.24, 2.45) is 23.7 Å². The Morgan fingerprint density at radius 3 is 2.12 bits per heavy atom. The Morgan fingerprint density at radius 1 is 0.882 bits per heavy atom. The van der Waals surface area contributed by atoms with Gasteiger partial charge in [-0.25, -0.2) is 0 Å². The predicted octanol–water partition coefficient (Wildman–Crippen LogP) is 4.47. The van der Waals surface area contributed by atoms with Crippen molar-refractivity contribution >= 4 is 0 Å². The zero-order valence-electron chi connectivity index (χ0n) is 12.5. The number of hydrogen-bond donors (Lipinski definition) is 1. The largest absolute Gasteiger partial charge is 0.316 e. The lowest BCUT2D eigenvalue weighted by atomic mass is 9.82. The van der Waals surface area contributed by atoms with Crippen LogP contribution in [0.5, 0.6) is 0 Å². The molecule has 2 unspecified atom stereocenters. The molecule has 0 amide bonds. The molecule has 1 N–H and O–H groups in total. The fourth-order valence-electron chi connectivity index (χ4n) is 3.20. The highest BCUT2D eigenvalue weighted by molar-refractivity contribution is 4.77. The number of rotatable bonds is 6. The van der Waals surface area contributed by atoms with Crippen LogP contribution in [0.1, 0.15) is 66.2 Å². The Morgan fingerprint density at radius 2 is 1.53 bits per heavy atom. The van der Waals surface area contributed by atoms with Gasteiger partial charge >= 0.3 is 0 Å². The molecule has 1 heteroatoms. The van der Waals surface area contributed by atoms with Gasteiger partial charge in [0.1, 0.15) is 0 Å². The monoisotopic (exact) mass is 239 g/mol. The maximum absolute atomic E-state index is 3.69. The van der Waals surface area contributed by atoms with Crippen LogP contribution in [0, 0.1) is 23.7 Å².